The van der Waals surface area contributed by atoms with Gasteiger partial charge in [0.05, 0.1) is 23.7 Å². The number of ether oxygens (including phenoxy) is 1. The molecule has 12 nitrogen and oxygen atoms in total. The fraction of sp³-hybridized carbons (Fsp3) is 0.321. The highest BCUT2D eigenvalue weighted by atomic mass is 16.6. The quantitative estimate of drug-likeness (QED) is 0.0574. The number of pyridine rings is 1. The summed E-state index contributed by atoms with van der Waals surface area (Å²) in [6.07, 6.45) is 3.55. The summed E-state index contributed by atoms with van der Waals surface area (Å²) in [6, 6.07) is 39.8. The molecule has 7 rings (SSSR count). The van der Waals surface area contributed by atoms with Gasteiger partial charge in [-0.15, -0.1) is 0 Å². The van der Waals surface area contributed by atoms with Crippen LogP contribution in [0, 0.1) is 5.92 Å². The lowest BCUT2D eigenvalue weighted by atomic mass is 9.92. The molecule has 12 heteroatoms. The summed E-state index contributed by atoms with van der Waals surface area (Å²) in [4.78, 5) is 57.0. The van der Waals surface area contributed by atoms with Gasteiger partial charge in [0, 0.05) is 62.4 Å². The number of aromatic amines is 1. The second-order valence-corrected chi connectivity index (χ2v) is 17.1. The number of likely N-dealkylation sites (tertiary alicyclic amines) is 1. The minimum Gasteiger partial charge on any atom is -0.506 e. The fourth-order valence-electron chi connectivity index (χ4n) is 8.49. The molecule has 2 atom stereocenters. The fourth-order valence-corrected chi connectivity index (χ4v) is 8.49. The highest BCUT2D eigenvalue weighted by Crippen LogP contribution is 2.32. The van der Waals surface area contributed by atoms with Crippen LogP contribution in [-0.2, 0) is 33.6 Å². The van der Waals surface area contributed by atoms with E-state index in [9.17, 15) is 29.4 Å². The second-order valence-electron chi connectivity index (χ2n) is 17.1. The van der Waals surface area contributed by atoms with E-state index in [1.165, 1.54) is 17.7 Å². The lowest BCUT2D eigenvalue weighted by Crippen LogP contribution is -2.40. The largest absolute Gasteiger partial charge is 0.506 e. The lowest BCUT2D eigenvalue weighted by molar-refractivity contribution is -0.120. The SMILES string of the molecule is C[C@H](CC[C@H](O)c1ccc(O)c2[nH]c(=O)ccc12)Cc1ccc(CCNC(=O)Cc2ccc(N(C)C(=O)CCN3CCC(OC(=O)Nc4ccccc4-c4ccccc4)CC3)cc2)cc1. The molecule has 5 N–H and O–H groups in total. The minimum absolute atomic E-state index is 0.00437. The molecular formula is C53H59N5O7. The number of piperidine rings is 1. The molecule has 1 fully saturated rings. The van der Waals surface area contributed by atoms with Gasteiger partial charge in [-0.2, -0.15) is 0 Å². The molecular weight excluding hydrogens is 819 g/mol. The van der Waals surface area contributed by atoms with E-state index in [2.05, 4.69) is 51.7 Å². The Bertz CT molecular complexity index is 2590. The highest BCUT2D eigenvalue weighted by Gasteiger charge is 2.24. The molecule has 1 aromatic heterocycles. The van der Waals surface area contributed by atoms with Crippen LogP contribution in [0.2, 0.25) is 0 Å². The number of hydrogen-bond donors (Lipinski definition) is 5. The molecule has 0 bridgehead atoms. The summed E-state index contributed by atoms with van der Waals surface area (Å²) >= 11 is 0. The van der Waals surface area contributed by atoms with Crippen LogP contribution in [0.25, 0.3) is 22.0 Å². The maximum atomic E-state index is 13.1. The molecule has 65 heavy (non-hydrogen) atoms. The minimum atomic E-state index is -0.722. The molecule has 5 aromatic carbocycles. The maximum Gasteiger partial charge on any atom is 0.411 e. The average molecular weight is 878 g/mol. The highest BCUT2D eigenvalue weighted by molar-refractivity contribution is 5.93. The van der Waals surface area contributed by atoms with Gasteiger partial charge in [-0.3, -0.25) is 19.7 Å². The molecule has 2 heterocycles. The van der Waals surface area contributed by atoms with Gasteiger partial charge in [-0.25, -0.2) is 4.79 Å². The smallest absolute Gasteiger partial charge is 0.411 e. The summed E-state index contributed by atoms with van der Waals surface area (Å²) in [5.41, 5.74) is 7.33. The van der Waals surface area contributed by atoms with Crippen molar-refractivity contribution in [3.8, 4) is 16.9 Å². The van der Waals surface area contributed by atoms with E-state index in [-0.39, 0.29) is 35.6 Å². The van der Waals surface area contributed by atoms with Gasteiger partial charge in [-0.05, 0) is 103 Å². The Morgan fingerprint density at radius 1 is 0.831 bits per heavy atom. The van der Waals surface area contributed by atoms with E-state index < -0.39 is 12.2 Å². The van der Waals surface area contributed by atoms with Crippen molar-refractivity contribution in [2.75, 3.05) is 43.4 Å². The van der Waals surface area contributed by atoms with Crippen molar-refractivity contribution in [3.63, 3.8) is 0 Å². The number of H-pyrrole nitrogens is 1. The van der Waals surface area contributed by atoms with Crippen molar-refractivity contribution in [2.24, 2.45) is 5.92 Å². The van der Waals surface area contributed by atoms with Crippen molar-refractivity contribution < 1.29 is 29.3 Å². The standard InChI is InChI=1S/C53H59N5O7/c1-36(12-23-47(59)44-21-24-48(60)52-45(44)22-25-49(61)56-52)34-38-15-13-37(14-16-38)26-30-54-50(62)35-39-17-19-41(20-18-39)57(2)51(63)29-33-58-31-27-42(28-32-58)65-53(64)55-46-11-7-6-10-43(46)40-8-4-3-5-9-40/h3-11,13-22,24-25,36,42,47,59-60H,12,23,26-35H2,1-2H3,(H,54,62)(H,55,64)(H,56,61)/t36-,47+/m1/s1. The number of aliphatic hydroxyl groups excluding tert-OH is 1. The second kappa shape index (κ2) is 22.2. The number of hydrogen-bond acceptors (Lipinski definition) is 8. The van der Waals surface area contributed by atoms with Gasteiger partial charge < -0.3 is 35.1 Å². The third-order valence-electron chi connectivity index (χ3n) is 12.3. The molecule has 3 amide bonds. The van der Waals surface area contributed by atoms with Crippen LogP contribution in [0.4, 0.5) is 16.2 Å². The Morgan fingerprint density at radius 3 is 2.28 bits per heavy atom. The number of fused-ring (bicyclic) bond motifs is 1. The van der Waals surface area contributed by atoms with Crippen molar-refractivity contribution in [1.29, 1.82) is 0 Å². The number of phenolic OH excluding ortho intramolecular Hbond substituents is 1. The van der Waals surface area contributed by atoms with Crippen molar-refractivity contribution in [1.82, 2.24) is 15.2 Å². The number of carbonyl (C=O) groups excluding carboxylic acids is 3. The average Bonchev–Trinajstić information content (AvgIpc) is 3.31. The van der Waals surface area contributed by atoms with Crippen molar-refractivity contribution in [2.45, 2.75) is 70.5 Å². The summed E-state index contributed by atoms with van der Waals surface area (Å²) in [5.74, 6) is 0.246. The number of nitrogens with one attached hydrogen (secondary N) is 3. The van der Waals surface area contributed by atoms with Gasteiger partial charge >= 0.3 is 6.09 Å². The Hall–Kier alpha value is -6.76. The zero-order valence-corrected chi connectivity index (χ0v) is 37.2. The zero-order chi connectivity index (χ0) is 45.7. The third kappa shape index (κ3) is 12.9. The molecule has 0 spiro atoms. The van der Waals surface area contributed by atoms with Crippen LogP contribution in [-0.4, -0.2) is 77.3 Å². The summed E-state index contributed by atoms with van der Waals surface area (Å²) < 4.78 is 5.78. The Morgan fingerprint density at radius 2 is 1.52 bits per heavy atom. The van der Waals surface area contributed by atoms with Gasteiger partial charge in [0.2, 0.25) is 17.4 Å². The molecule has 0 radical (unpaired) electrons. The van der Waals surface area contributed by atoms with Crippen molar-refractivity contribution >= 4 is 40.2 Å². The number of aromatic hydroxyl groups is 1. The van der Waals surface area contributed by atoms with Crippen LogP contribution >= 0.6 is 0 Å². The monoisotopic (exact) mass is 877 g/mol. The Kier molecular flexibility index (Phi) is 15.8. The first-order valence-corrected chi connectivity index (χ1v) is 22.6. The number of carbonyl (C=O) groups is 3. The number of para-hydroxylation sites is 1. The first kappa shape index (κ1) is 46.2. The van der Waals surface area contributed by atoms with Crippen LogP contribution in [0.15, 0.2) is 132 Å². The molecule has 0 aliphatic carbocycles. The predicted molar refractivity (Wildman–Crippen MR) is 256 cm³/mol. The number of rotatable bonds is 18. The summed E-state index contributed by atoms with van der Waals surface area (Å²) in [7, 11) is 1.77. The molecule has 0 saturated carbocycles. The van der Waals surface area contributed by atoms with E-state index >= 15 is 0 Å². The topological polar surface area (TPSA) is 164 Å². The van der Waals surface area contributed by atoms with E-state index in [0.29, 0.717) is 73.3 Å². The number of aromatic nitrogens is 1. The van der Waals surface area contributed by atoms with Crippen LogP contribution < -0.4 is 21.1 Å². The molecule has 338 valence electrons. The Balaban J connectivity index is 0.761. The molecule has 0 unspecified atom stereocenters. The number of aliphatic hydroxyl groups is 1. The number of benzene rings is 5. The summed E-state index contributed by atoms with van der Waals surface area (Å²) in [5, 5.41) is 27.7. The van der Waals surface area contributed by atoms with Gasteiger partial charge in [-0.1, -0.05) is 97.9 Å². The summed E-state index contributed by atoms with van der Waals surface area (Å²) in [6.45, 7) is 4.78. The Labute approximate surface area is 380 Å². The van der Waals surface area contributed by atoms with Gasteiger partial charge in [0.1, 0.15) is 11.9 Å². The zero-order valence-electron chi connectivity index (χ0n) is 37.2. The van der Waals surface area contributed by atoms with E-state index in [1.54, 1.807) is 24.1 Å². The van der Waals surface area contributed by atoms with E-state index in [4.69, 9.17) is 4.74 Å². The van der Waals surface area contributed by atoms with Crippen LogP contribution in [0.1, 0.15) is 67.4 Å². The molecule has 6 aromatic rings. The number of amides is 3. The number of anilines is 2. The molecule has 1 aliphatic rings. The molecule has 1 saturated heterocycles. The van der Waals surface area contributed by atoms with Crippen LogP contribution in [0.5, 0.6) is 5.75 Å². The van der Waals surface area contributed by atoms with Gasteiger partial charge in [0.25, 0.3) is 0 Å². The van der Waals surface area contributed by atoms with Crippen molar-refractivity contribution in [3.05, 3.63) is 160 Å². The lowest BCUT2D eigenvalue weighted by Gasteiger charge is -2.31. The number of nitrogens with zero attached hydrogens (tertiary/aromatic N) is 2. The maximum absolute atomic E-state index is 13.1. The predicted octanol–water partition coefficient (Wildman–Crippen LogP) is 8.56. The van der Waals surface area contributed by atoms with E-state index in [0.717, 1.165) is 53.9 Å². The third-order valence-corrected chi connectivity index (χ3v) is 12.3. The number of phenols is 1. The first-order chi connectivity index (χ1) is 31.5. The van der Waals surface area contributed by atoms with E-state index in [1.807, 2.05) is 78.9 Å². The molecule has 1 aliphatic heterocycles. The van der Waals surface area contributed by atoms with Gasteiger partial charge in [0.15, 0.2) is 0 Å². The normalized spacial score (nSPS) is 14.1. The van der Waals surface area contributed by atoms with Crippen LogP contribution in [0.3, 0.4) is 0 Å². The first-order valence-electron chi connectivity index (χ1n) is 22.6.